The first-order valence-corrected chi connectivity index (χ1v) is 14.1. The third-order valence-electron chi connectivity index (χ3n) is 5.82. The molecule has 1 saturated heterocycles. The van der Waals surface area contributed by atoms with E-state index in [1.807, 2.05) is 0 Å². The highest BCUT2D eigenvalue weighted by Gasteiger charge is 2.29. The van der Waals surface area contributed by atoms with Gasteiger partial charge in [0.1, 0.15) is 5.00 Å². The van der Waals surface area contributed by atoms with Gasteiger partial charge in [-0.25, -0.2) is 13.2 Å². The van der Waals surface area contributed by atoms with E-state index in [9.17, 15) is 22.8 Å². The maximum atomic E-state index is 12.9. The van der Waals surface area contributed by atoms with E-state index < -0.39 is 28.5 Å². The standard InChI is InChI=1S/C23H26ClN3O7S2/c1-14(28)25-22-21(16-4-2-3-5-19(16)35-22)23(30)34-13-20(29)26-18-12-15(6-7-17(18)24)36(31,32)27-8-10-33-11-9-27/h6-7,12H,2-5,8-11,13H2,1H3,(H,25,28)(H,26,29). The van der Waals surface area contributed by atoms with Crippen LogP contribution in [0.5, 0.6) is 0 Å². The number of hydrogen-bond acceptors (Lipinski definition) is 8. The molecule has 1 aromatic heterocycles. The summed E-state index contributed by atoms with van der Waals surface area (Å²) in [7, 11) is -3.79. The Balaban J connectivity index is 1.45. The highest BCUT2D eigenvalue weighted by Crippen LogP contribution is 2.38. The molecular weight excluding hydrogens is 530 g/mol. The van der Waals surface area contributed by atoms with Crippen molar-refractivity contribution >= 4 is 61.4 Å². The lowest BCUT2D eigenvalue weighted by molar-refractivity contribution is -0.119. The second-order valence-electron chi connectivity index (χ2n) is 8.38. The van der Waals surface area contributed by atoms with Gasteiger partial charge in [-0.15, -0.1) is 11.3 Å². The van der Waals surface area contributed by atoms with Gasteiger partial charge in [-0.1, -0.05) is 11.6 Å². The summed E-state index contributed by atoms with van der Waals surface area (Å²) in [4.78, 5) is 38.1. The predicted molar refractivity (Wildman–Crippen MR) is 135 cm³/mol. The van der Waals surface area contributed by atoms with Gasteiger partial charge in [-0.05, 0) is 49.4 Å². The predicted octanol–water partition coefficient (Wildman–Crippen LogP) is 3.06. The Morgan fingerprint density at radius 1 is 1.14 bits per heavy atom. The second-order valence-corrected chi connectivity index (χ2v) is 11.8. The monoisotopic (exact) mass is 555 g/mol. The van der Waals surface area contributed by atoms with Crippen molar-refractivity contribution in [2.45, 2.75) is 37.5 Å². The van der Waals surface area contributed by atoms with Crippen LogP contribution in [0.15, 0.2) is 23.1 Å². The van der Waals surface area contributed by atoms with Crippen LogP contribution in [0.4, 0.5) is 10.7 Å². The van der Waals surface area contributed by atoms with E-state index in [2.05, 4.69) is 10.6 Å². The maximum absolute atomic E-state index is 12.9. The summed E-state index contributed by atoms with van der Waals surface area (Å²) >= 11 is 7.53. The summed E-state index contributed by atoms with van der Waals surface area (Å²) in [5.74, 6) is -1.69. The highest BCUT2D eigenvalue weighted by atomic mass is 35.5. The zero-order valence-electron chi connectivity index (χ0n) is 19.6. The van der Waals surface area contributed by atoms with E-state index in [1.54, 1.807) is 0 Å². The number of amides is 2. The van der Waals surface area contributed by atoms with Crippen molar-refractivity contribution in [2.75, 3.05) is 43.5 Å². The molecule has 36 heavy (non-hydrogen) atoms. The number of halogens is 1. The lowest BCUT2D eigenvalue weighted by atomic mass is 9.95. The molecule has 10 nitrogen and oxygen atoms in total. The molecule has 2 aromatic rings. The van der Waals surface area contributed by atoms with Gasteiger partial charge in [-0.2, -0.15) is 4.31 Å². The Hall–Kier alpha value is -2.51. The van der Waals surface area contributed by atoms with Gasteiger partial charge in [0, 0.05) is 24.9 Å². The third kappa shape index (κ3) is 5.89. The fourth-order valence-corrected chi connectivity index (χ4v) is 7.04. The van der Waals surface area contributed by atoms with E-state index in [0.29, 0.717) is 24.6 Å². The molecule has 2 N–H and O–H groups in total. The number of benzene rings is 1. The molecular formula is C23H26ClN3O7S2. The van der Waals surface area contributed by atoms with Gasteiger partial charge < -0.3 is 20.1 Å². The van der Waals surface area contributed by atoms with Crippen LogP contribution in [0.25, 0.3) is 0 Å². The number of anilines is 2. The van der Waals surface area contributed by atoms with Crippen molar-refractivity contribution in [1.29, 1.82) is 0 Å². The molecule has 1 aliphatic carbocycles. The highest BCUT2D eigenvalue weighted by molar-refractivity contribution is 7.89. The molecule has 2 heterocycles. The van der Waals surface area contributed by atoms with Gasteiger partial charge in [-0.3, -0.25) is 9.59 Å². The molecule has 0 bridgehead atoms. The van der Waals surface area contributed by atoms with E-state index in [-0.39, 0.29) is 40.2 Å². The first-order chi connectivity index (χ1) is 17.2. The number of nitrogens with zero attached hydrogens (tertiary/aromatic N) is 1. The normalized spacial score (nSPS) is 16.2. The van der Waals surface area contributed by atoms with Crippen LogP contribution >= 0.6 is 22.9 Å². The fourth-order valence-electron chi connectivity index (χ4n) is 4.12. The van der Waals surface area contributed by atoms with Crippen LogP contribution in [0.1, 0.15) is 40.6 Å². The van der Waals surface area contributed by atoms with Crippen molar-refractivity contribution in [3.63, 3.8) is 0 Å². The maximum Gasteiger partial charge on any atom is 0.341 e. The molecule has 0 atom stereocenters. The number of ether oxygens (including phenoxy) is 2. The number of esters is 1. The molecule has 1 fully saturated rings. The number of hydrogen-bond donors (Lipinski definition) is 2. The van der Waals surface area contributed by atoms with Crippen molar-refractivity contribution < 1.29 is 32.3 Å². The first kappa shape index (κ1) is 26.6. The molecule has 2 amide bonds. The molecule has 1 aromatic carbocycles. The Morgan fingerprint density at radius 2 is 1.86 bits per heavy atom. The number of carbonyl (C=O) groups is 3. The summed E-state index contributed by atoms with van der Waals surface area (Å²) in [6, 6.07) is 4.02. The quantitative estimate of drug-likeness (QED) is 0.502. The summed E-state index contributed by atoms with van der Waals surface area (Å²) < 4.78 is 37.6. The Labute approximate surface area is 217 Å². The SMILES string of the molecule is CC(=O)Nc1sc2c(c1C(=O)OCC(=O)Nc1cc(S(=O)(=O)N3CCOCC3)ccc1Cl)CCCC2. The molecule has 2 aliphatic rings. The van der Waals surface area contributed by atoms with Crippen molar-refractivity contribution in [3.8, 4) is 0 Å². The summed E-state index contributed by atoms with van der Waals surface area (Å²) in [6.45, 7) is 1.82. The zero-order valence-corrected chi connectivity index (χ0v) is 22.0. The molecule has 4 rings (SSSR count). The Morgan fingerprint density at radius 3 is 2.58 bits per heavy atom. The number of aryl methyl sites for hydroxylation is 1. The molecule has 0 saturated carbocycles. The minimum atomic E-state index is -3.79. The van der Waals surface area contributed by atoms with Gasteiger partial charge in [0.25, 0.3) is 5.91 Å². The van der Waals surface area contributed by atoms with E-state index in [1.165, 1.54) is 40.8 Å². The molecule has 0 unspecified atom stereocenters. The lowest BCUT2D eigenvalue weighted by Gasteiger charge is -2.26. The minimum absolute atomic E-state index is 0.0223. The smallest absolute Gasteiger partial charge is 0.341 e. The van der Waals surface area contributed by atoms with Gasteiger partial charge in [0.15, 0.2) is 6.61 Å². The molecule has 0 spiro atoms. The largest absolute Gasteiger partial charge is 0.452 e. The van der Waals surface area contributed by atoms with Crippen LogP contribution in [-0.4, -0.2) is 63.4 Å². The number of rotatable bonds is 7. The average molecular weight is 556 g/mol. The van der Waals surface area contributed by atoms with Crippen LogP contribution in [0, 0.1) is 0 Å². The third-order valence-corrected chi connectivity index (χ3v) is 9.25. The fraction of sp³-hybridized carbons (Fsp3) is 0.435. The van der Waals surface area contributed by atoms with E-state index in [4.69, 9.17) is 21.1 Å². The molecule has 1 aliphatic heterocycles. The zero-order chi connectivity index (χ0) is 25.9. The number of nitrogens with one attached hydrogen (secondary N) is 2. The van der Waals surface area contributed by atoms with Crippen molar-refractivity contribution in [1.82, 2.24) is 4.31 Å². The number of thiophene rings is 1. The van der Waals surface area contributed by atoms with Crippen molar-refractivity contribution in [3.05, 3.63) is 39.2 Å². The van der Waals surface area contributed by atoms with Gasteiger partial charge >= 0.3 is 5.97 Å². The minimum Gasteiger partial charge on any atom is -0.452 e. The lowest BCUT2D eigenvalue weighted by Crippen LogP contribution is -2.40. The van der Waals surface area contributed by atoms with Crippen LogP contribution in [0.3, 0.4) is 0 Å². The van der Waals surface area contributed by atoms with Crippen LogP contribution in [-0.2, 0) is 41.9 Å². The summed E-state index contributed by atoms with van der Waals surface area (Å²) in [5.41, 5.74) is 1.22. The Kier molecular flexibility index (Phi) is 8.30. The number of fused-ring (bicyclic) bond motifs is 1. The van der Waals surface area contributed by atoms with E-state index >= 15 is 0 Å². The average Bonchev–Trinajstić information content (AvgIpc) is 3.21. The van der Waals surface area contributed by atoms with Gasteiger partial charge in [0.2, 0.25) is 15.9 Å². The summed E-state index contributed by atoms with van der Waals surface area (Å²) in [6.07, 6.45) is 3.45. The Bertz CT molecular complexity index is 1290. The van der Waals surface area contributed by atoms with Crippen molar-refractivity contribution in [2.24, 2.45) is 0 Å². The van der Waals surface area contributed by atoms with E-state index in [0.717, 1.165) is 29.7 Å². The number of sulfonamides is 1. The number of carbonyl (C=O) groups excluding carboxylic acids is 3. The van der Waals surface area contributed by atoms with Crippen LogP contribution in [0.2, 0.25) is 5.02 Å². The number of morpholine rings is 1. The molecule has 13 heteroatoms. The second kappa shape index (κ2) is 11.3. The van der Waals surface area contributed by atoms with Gasteiger partial charge in [0.05, 0.1) is 34.4 Å². The summed E-state index contributed by atoms with van der Waals surface area (Å²) in [5, 5.41) is 5.75. The van der Waals surface area contributed by atoms with Crippen LogP contribution < -0.4 is 10.6 Å². The molecule has 194 valence electrons. The topological polar surface area (TPSA) is 131 Å². The first-order valence-electron chi connectivity index (χ1n) is 11.4. The molecule has 0 radical (unpaired) electrons.